The molecule has 0 unspecified atom stereocenters. The molecule has 2 N–H and O–H groups in total. The number of aliphatic hydroxyl groups is 2. The molecule has 2 heteroatoms. The van der Waals surface area contributed by atoms with Crippen molar-refractivity contribution < 1.29 is 10.2 Å². The third-order valence-electron chi connectivity index (χ3n) is 3.87. The van der Waals surface area contributed by atoms with Crippen molar-refractivity contribution in [2.45, 2.75) is 50.7 Å². The van der Waals surface area contributed by atoms with Crippen LogP contribution < -0.4 is 0 Å². The molecular formula is C10H18O2. The van der Waals surface area contributed by atoms with Crippen molar-refractivity contribution in [2.24, 2.45) is 11.8 Å². The Bertz CT molecular complexity index is 181. The smallest absolute Gasteiger partial charge is 0.0700 e. The number of hydrogen-bond acceptors (Lipinski definition) is 2. The van der Waals surface area contributed by atoms with Gasteiger partial charge in [0.05, 0.1) is 11.7 Å². The average Bonchev–Trinajstić information content (AvgIpc) is 2.04. The highest BCUT2D eigenvalue weighted by atomic mass is 16.3. The fourth-order valence-electron chi connectivity index (χ4n) is 3.10. The predicted octanol–water partition coefficient (Wildman–Crippen LogP) is 1.31. The Kier molecular flexibility index (Phi) is 1.92. The van der Waals surface area contributed by atoms with Gasteiger partial charge >= 0.3 is 0 Å². The summed E-state index contributed by atoms with van der Waals surface area (Å²) in [6, 6.07) is 0. The molecule has 0 aromatic rings. The lowest BCUT2D eigenvalue weighted by Crippen LogP contribution is -2.53. The van der Waals surface area contributed by atoms with E-state index in [9.17, 15) is 10.2 Å². The maximum atomic E-state index is 10.2. The molecule has 0 aromatic carbocycles. The van der Waals surface area contributed by atoms with Crippen LogP contribution in [0.3, 0.4) is 0 Å². The van der Waals surface area contributed by atoms with Crippen LogP contribution in [0.2, 0.25) is 0 Å². The van der Waals surface area contributed by atoms with E-state index in [0.29, 0.717) is 5.92 Å². The highest BCUT2D eigenvalue weighted by molar-refractivity contribution is 5.00. The normalized spacial score (nSPS) is 52.8. The molecule has 0 aromatic heterocycles. The van der Waals surface area contributed by atoms with Crippen molar-refractivity contribution in [1.82, 2.24) is 0 Å². The van der Waals surface area contributed by atoms with Crippen LogP contribution in [0, 0.1) is 11.8 Å². The summed E-state index contributed by atoms with van der Waals surface area (Å²) in [4.78, 5) is 0. The summed E-state index contributed by atoms with van der Waals surface area (Å²) >= 11 is 0. The van der Waals surface area contributed by atoms with Gasteiger partial charge in [-0.05, 0) is 38.0 Å². The number of fused-ring (bicyclic) bond motifs is 3. The lowest BCUT2D eigenvalue weighted by atomic mass is 9.60. The van der Waals surface area contributed by atoms with Crippen LogP contribution in [0.4, 0.5) is 0 Å². The van der Waals surface area contributed by atoms with Gasteiger partial charge < -0.3 is 10.2 Å². The van der Waals surface area contributed by atoms with Crippen molar-refractivity contribution in [3.05, 3.63) is 0 Å². The molecule has 70 valence electrons. The highest BCUT2D eigenvalue weighted by Crippen LogP contribution is 2.48. The molecule has 3 rings (SSSR count). The zero-order chi connectivity index (χ0) is 8.77. The zero-order valence-electron chi connectivity index (χ0n) is 7.66. The number of hydrogen-bond donors (Lipinski definition) is 2. The lowest BCUT2D eigenvalue weighted by molar-refractivity contribution is -0.152. The average molecular weight is 170 g/mol. The second kappa shape index (κ2) is 2.71. The van der Waals surface area contributed by atoms with E-state index in [1.807, 2.05) is 6.92 Å². The minimum Gasteiger partial charge on any atom is -0.393 e. The summed E-state index contributed by atoms with van der Waals surface area (Å²) in [5, 5.41) is 19.9. The van der Waals surface area contributed by atoms with E-state index in [2.05, 4.69) is 0 Å². The first-order valence-electron chi connectivity index (χ1n) is 5.06. The molecule has 3 aliphatic carbocycles. The minimum atomic E-state index is -0.541. The summed E-state index contributed by atoms with van der Waals surface area (Å²) in [7, 11) is 0. The van der Waals surface area contributed by atoms with Crippen molar-refractivity contribution in [3.63, 3.8) is 0 Å². The molecule has 4 atom stereocenters. The molecular weight excluding hydrogens is 152 g/mol. The molecule has 0 saturated heterocycles. The van der Waals surface area contributed by atoms with E-state index in [1.54, 1.807) is 0 Å². The van der Waals surface area contributed by atoms with E-state index >= 15 is 0 Å². The molecule has 3 aliphatic rings. The third kappa shape index (κ3) is 1.09. The Labute approximate surface area is 73.6 Å². The molecule has 0 aliphatic heterocycles. The quantitative estimate of drug-likeness (QED) is 0.623. The molecule has 0 spiro atoms. The highest BCUT2D eigenvalue weighted by Gasteiger charge is 2.49. The van der Waals surface area contributed by atoms with Crippen molar-refractivity contribution in [3.8, 4) is 0 Å². The molecule has 2 bridgehead atoms. The lowest BCUT2D eigenvalue weighted by Gasteiger charge is -2.50. The standard InChI is InChI=1S/C10H18O2/c1-2-10(12)6-7-3-4-8(10)9(11)5-7/h7-9,11-12H,2-6H2,1H3/t7-,8+,9-,10+/m0/s1. The minimum absolute atomic E-state index is 0.160. The Hall–Kier alpha value is -0.0800. The number of rotatable bonds is 1. The number of aliphatic hydroxyl groups excluding tert-OH is 1. The second-order valence-electron chi connectivity index (χ2n) is 4.51. The van der Waals surface area contributed by atoms with E-state index in [1.165, 1.54) is 6.42 Å². The van der Waals surface area contributed by atoms with Gasteiger partial charge in [-0.25, -0.2) is 0 Å². The van der Waals surface area contributed by atoms with Gasteiger partial charge in [0.2, 0.25) is 0 Å². The fourth-order valence-corrected chi connectivity index (χ4v) is 3.10. The first-order chi connectivity index (χ1) is 5.65. The maximum Gasteiger partial charge on any atom is 0.0700 e. The summed E-state index contributed by atoms with van der Waals surface area (Å²) < 4.78 is 0. The second-order valence-corrected chi connectivity index (χ2v) is 4.51. The molecule has 0 amide bonds. The summed E-state index contributed by atoms with van der Waals surface area (Å²) in [6.45, 7) is 2.02. The van der Waals surface area contributed by atoms with Gasteiger partial charge in [-0.1, -0.05) is 6.92 Å². The molecule has 3 fully saturated rings. The van der Waals surface area contributed by atoms with Gasteiger partial charge in [0.25, 0.3) is 0 Å². The van der Waals surface area contributed by atoms with Gasteiger partial charge in [-0.2, -0.15) is 0 Å². The maximum absolute atomic E-state index is 10.2. The van der Waals surface area contributed by atoms with Crippen LogP contribution in [-0.4, -0.2) is 21.9 Å². The fraction of sp³-hybridized carbons (Fsp3) is 1.00. The SMILES string of the molecule is CC[C@@]1(O)C[C@H]2CC[C@@H]1[C@@H](O)C2. The van der Waals surface area contributed by atoms with Gasteiger partial charge in [-0.15, -0.1) is 0 Å². The molecule has 3 saturated carbocycles. The van der Waals surface area contributed by atoms with Crippen LogP contribution in [0.1, 0.15) is 39.0 Å². The van der Waals surface area contributed by atoms with Gasteiger partial charge in [0.15, 0.2) is 0 Å². The predicted molar refractivity (Wildman–Crippen MR) is 46.7 cm³/mol. The summed E-state index contributed by atoms with van der Waals surface area (Å²) in [6.07, 6.45) is 4.64. The molecule has 0 radical (unpaired) electrons. The van der Waals surface area contributed by atoms with Crippen molar-refractivity contribution in [2.75, 3.05) is 0 Å². The molecule has 0 heterocycles. The topological polar surface area (TPSA) is 40.5 Å². The van der Waals surface area contributed by atoms with Crippen molar-refractivity contribution in [1.29, 1.82) is 0 Å². The van der Waals surface area contributed by atoms with Crippen LogP contribution in [-0.2, 0) is 0 Å². The Balaban J connectivity index is 2.19. The van der Waals surface area contributed by atoms with Crippen LogP contribution >= 0.6 is 0 Å². The van der Waals surface area contributed by atoms with Gasteiger partial charge in [-0.3, -0.25) is 0 Å². The van der Waals surface area contributed by atoms with E-state index in [-0.39, 0.29) is 12.0 Å². The Morgan fingerprint density at radius 1 is 1.42 bits per heavy atom. The monoisotopic (exact) mass is 170 g/mol. The summed E-state index contributed by atoms with van der Waals surface area (Å²) in [5.74, 6) is 0.738. The van der Waals surface area contributed by atoms with Crippen LogP contribution in [0.5, 0.6) is 0 Å². The Morgan fingerprint density at radius 2 is 2.17 bits per heavy atom. The summed E-state index contributed by atoms with van der Waals surface area (Å²) in [5.41, 5.74) is -0.541. The van der Waals surface area contributed by atoms with Crippen LogP contribution in [0.15, 0.2) is 0 Å². The zero-order valence-corrected chi connectivity index (χ0v) is 7.66. The Morgan fingerprint density at radius 3 is 2.58 bits per heavy atom. The van der Waals surface area contributed by atoms with E-state index in [0.717, 1.165) is 25.7 Å². The molecule has 12 heavy (non-hydrogen) atoms. The largest absolute Gasteiger partial charge is 0.393 e. The van der Waals surface area contributed by atoms with E-state index in [4.69, 9.17) is 0 Å². The molecule has 2 nitrogen and oxygen atoms in total. The third-order valence-corrected chi connectivity index (χ3v) is 3.87. The van der Waals surface area contributed by atoms with Gasteiger partial charge in [0, 0.05) is 5.92 Å². The first kappa shape index (κ1) is 8.52. The van der Waals surface area contributed by atoms with E-state index < -0.39 is 5.60 Å². The van der Waals surface area contributed by atoms with Crippen molar-refractivity contribution >= 4 is 0 Å². The van der Waals surface area contributed by atoms with Crippen LogP contribution in [0.25, 0.3) is 0 Å². The van der Waals surface area contributed by atoms with Gasteiger partial charge in [0.1, 0.15) is 0 Å². The first-order valence-corrected chi connectivity index (χ1v) is 5.06.